The average molecular weight is 581 g/mol. The summed E-state index contributed by atoms with van der Waals surface area (Å²) >= 11 is 0. The highest BCUT2D eigenvalue weighted by Crippen LogP contribution is 2.24. The van der Waals surface area contributed by atoms with Crippen LogP contribution in [0.4, 0.5) is 4.79 Å². The number of aryl methyl sites for hydroxylation is 2. The minimum Gasteiger partial charge on any atom is -0.508 e. The van der Waals surface area contributed by atoms with Gasteiger partial charge in [0.1, 0.15) is 11.8 Å². The second-order valence-corrected chi connectivity index (χ2v) is 10.3. The Kier molecular flexibility index (Phi) is 8.80. The van der Waals surface area contributed by atoms with Gasteiger partial charge >= 0.3 is 6.09 Å². The number of benzene rings is 3. The minimum atomic E-state index is -1.24. The maximum atomic E-state index is 13.5. The zero-order valence-corrected chi connectivity index (χ0v) is 23.8. The first-order valence-corrected chi connectivity index (χ1v) is 13.7. The lowest BCUT2D eigenvalue weighted by molar-refractivity contribution is -0.130. The number of nitrogens with two attached hydrogens (primary N) is 1. The highest BCUT2D eigenvalue weighted by molar-refractivity contribution is 5.84. The third-order valence-corrected chi connectivity index (χ3v) is 7.11. The molecule has 2 aromatic heterocycles. The van der Waals surface area contributed by atoms with Gasteiger partial charge in [-0.3, -0.25) is 4.79 Å². The predicted molar refractivity (Wildman–Crippen MR) is 158 cm³/mol. The number of carbonyl (C=O) groups excluding carboxylic acids is 2. The van der Waals surface area contributed by atoms with Gasteiger partial charge in [-0.05, 0) is 59.4 Å². The van der Waals surface area contributed by atoms with Gasteiger partial charge in [-0.1, -0.05) is 59.8 Å². The van der Waals surface area contributed by atoms with Crippen molar-refractivity contribution in [2.45, 2.75) is 45.3 Å². The van der Waals surface area contributed by atoms with Crippen LogP contribution < -0.4 is 11.1 Å². The van der Waals surface area contributed by atoms with Gasteiger partial charge in [0.2, 0.25) is 5.89 Å². The lowest BCUT2D eigenvalue weighted by atomic mass is 9.96. The molecule has 220 valence electrons. The van der Waals surface area contributed by atoms with Crippen LogP contribution in [0.5, 0.6) is 5.75 Å². The Balaban J connectivity index is 1.34. The van der Waals surface area contributed by atoms with E-state index < -0.39 is 24.1 Å². The quantitative estimate of drug-likeness (QED) is 0.177. The summed E-state index contributed by atoms with van der Waals surface area (Å²) in [5, 5.41) is 16.9. The van der Waals surface area contributed by atoms with Gasteiger partial charge in [-0.15, -0.1) is 0 Å². The molecule has 0 radical (unpaired) electrons. The van der Waals surface area contributed by atoms with E-state index in [9.17, 15) is 14.7 Å². The number of aromatic hydroxyl groups is 1. The first-order chi connectivity index (χ1) is 20.7. The molecule has 11 heteroatoms. The number of imidazole rings is 1. The molecule has 5 N–H and O–H groups in total. The van der Waals surface area contributed by atoms with E-state index in [1.165, 1.54) is 6.33 Å². The Morgan fingerprint density at radius 2 is 1.72 bits per heavy atom. The molecule has 0 saturated heterocycles. The van der Waals surface area contributed by atoms with Crippen LogP contribution in [0.15, 0.2) is 83.8 Å². The summed E-state index contributed by atoms with van der Waals surface area (Å²) in [5.41, 5.74) is 11.4. The number of H-pyrrole nitrogens is 1. The topological polar surface area (TPSA) is 169 Å². The van der Waals surface area contributed by atoms with Crippen LogP contribution in [0, 0.1) is 13.8 Å². The Morgan fingerprint density at radius 3 is 2.37 bits per heavy atom. The van der Waals surface area contributed by atoms with E-state index in [-0.39, 0.29) is 24.5 Å². The molecule has 0 aliphatic rings. The van der Waals surface area contributed by atoms with Crippen molar-refractivity contribution in [2.75, 3.05) is 0 Å². The van der Waals surface area contributed by atoms with E-state index in [1.54, 1.807) is 32.2 Å². The molecule has 0 aliphatic heterocycles. The SMILES string of the molecule is Cc1cc(O)cc(C)c1C[C@H](OC(N)=O)C(=O)N[C@@H](Cc1c[nH]cn1)c1nc(Cc2ccc(-c3ccccc3)cc2)no1. The molecule has 2 amide bonds. The summed E-state index contributed by atoms with van der Waals surface area (Å²) < 4.78 is 10.8. The molecule has 2 heterocycles. The average Bonchev–Trinajstić information content (AvgIpc) is 3.67. The highest BCUT2D eigenvalue weighted by atomic mass is 16.6. The highest BCUT2D eigenvalue weighted by Gasteiger charge is 2.30. The van der Waals surface area contributed by atoms with Gasteiger partial charge in [-0.25, -0.2) is 9.78 Å². The molecule has 11 nitrogen and oxygen atoms in total. The second kappa shape index (κ2) is 13.0. The Labute approximate surface area is 248 Å². The molecule has 5 aromatic rings. The number of ether oxygens (including phenoxy) is 1. The summed E-state index contributed by atoms with van der Waals surface area (Å²) in [5.74, 6) is 0.141. The van der Waals surface area contributed by atoms with Gasteiger partial charge < -0.3 is 30.4 Å². The van der Waals surface area contributed by atoms with Crippen LogP contribution in [-0.2, 0) is 28.8 Å². The largest absolute Gasteiger partial charge is 0.508 e. The summed E-state index contributed by atoms with van der Waals surface area (Å²) in [6.45, 7) is 3.60. The number of hydrogen-bond acceptors (Lipinski definition) is 8. The number of rotatable bonds is 11. The van der Waals surface area contributed by atoms with E-state index in [0.29, 0.717) is 17.9 Å². The normalized spacial score (nSPS) is 12.4. The summed E-state index contributed by atoms with van der Waals surface area (Å²) in [7, 11) is 0. The van der Waals surface area contributed by atoms with Crippen LogP contribution in [0.25, 0.3) is 11.1 Å². The molecule has 0 saturated carbocycles. The van der Waals surface area contributed by atoms with E-state index in [1.807, 2.05) is 42.5 Å². The van der Waals surface area contributed by atoms with Gasteiger partial charge in [0.15, 0.2) is 11.9 Å². The number of amides is 2. The number of phenols is 1. The smallest absolute Gasteiger partial charge is 0.405 e. The molecular weight excluding hydrogens is 548 g/mol. The number of phenolic OH excluding ortho intramolecular Hbond substituents is 1. The Morgan fingerprint density at radius 1 is 1.02 bits per heavy atom. The minimum absolute atomic E-state index is 0.0515. The first kappa shape index (κ1) is 29.1. The van der Waals surface area contributed by atoms with E-state index in [2.05, 4.69) is 37.6 Å². The van der Waals surface area contributed by atoms with E-state index >= 15 is 0 Å². The van der Waals surface area contributed by atoms with Crippen molar-refractivity contribution in [1.82, 2.24) is 25.4 Å². The molecule has 0 unspecified atom stereocenters. The standard InChI is InChI=1S/C32H32N6O5/c1-19-12-25(39)13-20(2)26(19)16-28(42-32(33)41)30(40)36-27(15-24-17-34-18-35-24)31-37-29(38-43-31)14-21-8-10-23(11-9-21)22-6-4-3-5-7-22/h3-13,17-18,27-28,39H,14-16H2,1-2H3,(H2,33,41)(H,34,35)(H,36,40)/t27-,28-/m0/s1. The van der Waals surface area contributed by atoms with Crippen LogP contribution >= 0.6 is 0 Å². The van der Waals surface area contributed by atoms with Crippen LogP contribution in [0.2, 0.25) is 0 Å². The van der Waals surface area contributed by atoms with Crippen LogP contribution in [0.3, 0.4) is 0 Å². The summed E-state index contributed by atoms with van der Waals surface area (Å²) in [6.07, 6.45) is 1.61. The fraction of sp³-hybridized carbons (Fsp3) is 0.219. The fourth-order valence-electron chi connectivity index (χ4n) is 4.99. The lowest BCUT2D eigenvalue weighted by Gasteiger charge is -2.21. The number of aromatic amines is 1. The van der Waals surface area contributed by atoms with Crippen LogP contribution in [-0.4, -0.2) is 43.3 Å². The first-order valence-electron chi connectivity index (χ1n) is 13.7. The number of nitrogens with zero attached hydrogens (tertiary/aromatic N) is 3. The van der Waals surface area contributed by atoms with Crippen LogP contribution in [0.1, 0.15) is 45.7 Å². The molecule has 0 bridgehead atoms. The number of carbonyl (C=O) groups is 2. The Bertz CT molecular complexity index is 1660. The number of aromatic nitrogens is 4. The monoisotopic (exact) mass is 580 g/mol. The lowest BCUT2D eigenvalue weighted by Crippen LogP contribution is -2.42. The van der Waals surface area contributed by atoms with E-state index in [4.69, 9.17) is 15.0 Å². The van der Waals surface area contributed by atoms with Crippen molar-refractivity contribution in [1.29, 1.82) is 0 Å². The number of nitrogens with one attached hydrogen (secondary N) is 2. The summed E-state index contributed by atoms with van der Waals surface area (Å²) in [6, 6.07) is 20.6. The van der Waals surface area contributed by atoms with Crippen molar-refractivity contribution >= 4 is 12.0 Å². The molecule has 0 spiro atoms. The van der Waals surface area contributed by atoms with Gasteiger partial charge in [0.05, 0.1) is 12.0 Å². The molecule has 0 fully saturated rings. The zero-order valence-electron chi connectivity index (χ0n) is 23.8. The van der Waals surface area contributed by atoms with Gasteiger partial charge in [0.25, 0.3) is 5.91 Å². The predicted octanol–water partition coefficient (Wildman–Crippen LogP) is 4.48. The van der Waals surface area contributed by atoms with E-state index in [0.717, 1.165) is 33.4 Å². The maximum absolute atomic E-state index is 13.5. The molecular formula is C32H32N6O5. The third kappa shape index (κ3) is 7.45. The van der Waals surface area contributed by atoms with Gasteiger partial charge in [-0.2, -0.15) is 4.98 Å². The zero-order chi connectivity index (χ0) is 30.3. The maximum Gasteiger partial charge on any atom is 0.405 e. The Hall–Kier alpha value is -5.45. The van der Waals surface area contributed by atoms with Crippen molar-refractivity contribution < 1.29 is 24.0 Å². The molecule has 2 atom stereocenters. The number of primary amides is 1. The number of hydrogen-bond donors (Lipinski definition) is 4. The van der Waals surface area contributed by atoms with Crippen molar-refractivity contribution in [3.63, 3.8) is 0 Å². The van der Waals surface area contributed by atoms with Gasteiger partial charge in [0, 0.05) is 25.5 Å². The third-order valence-electron chi connectivity index (χ3n) is 7.11. The fourth-order valence-corrected chi connectivity index (χ4v) is 4.99. The van der Waals surface area contributed by atoms with Crippen molar-refractivity contribution in [3.05, 3.63) is 119 Å². The summed E-state index contributed by atoms with van der Waals surface area (Å²) in [4.78, 5) is 37.0. The molecule has 43 heavy (non-hydrogen) atoms. The molecule has 5 rings (SSSR count). The molecule has 3 aromatic carbocycles. The molecule has 0 aliphatic carbocycles. The second-order valence-electron chi connectivity index (χ2n) is 10.3. The van der Waals surface area contributed by atoms with Crippen molar-refractivity contribution in [3.8, 4) is 16.9 Å². The van der Waals surface area contributed by atoms with Crippen molar-refractivity contribution in [2.24, 2.45) is 5.73 Å².